The van der Waals surface area contributed by atoms with Crippen LogP contribution in [0, 0.1) is 27.8 Å². The van der Waals surface area contributed by atoms with E-state index in [1.165, 1.54) is 30.3 Å². The zero-order chi connectivity index (χ0) is 23.0. The average Bonchev–Trinajstić information content (AvgIpc) is 3.02. The second-order valence-corrected chi connectivity index (χ2v) is 7.95. The number of hydrazine groups is 1. The molecule has 0 saturated carbocycles. The average molecular weight is 437 g/mol. The largest absolute Gasteiger partial charge is 0.273 e. The van der Waals surface area contributed by atoms with E-state index in [1.54, 1.807) is 6.07 Å². The van der Waals surface area contributed by atoms with Crippen molar-refractivity contribution in [2.45, 2.75) is 26.3 Å². The number of benzene rings is 2. The van der Waals surface area contributed by atoms with Crippen molar-refractivity contribution >= 4 is 23.4 Å². The maximum atomic E-state index is 14.4. The molecule has 0 spiro atoms. The molecule has 8 nitrogen and oxygen atoms in total. The number of halogens is 1. The Morgan fingerprint density at radius 1 is 1.12 bits per heavy atom. The molecule has 2 aromatic rings. The molecular formula is C23H20FN3O5. The number of hydrogen-bond donors (Lipinski definition) is 0. The first-order valence-electron chi connectivity index (χ1n) is 10.1. The molecule has 4 rings (SSSR count). The van der Waals surface area contributed by atoms with E-state index in [0.717, 1.165) is 27.7 Å². The third-order valence-corrected chi connectivity index (χ3v) is 5.88. The summed E-state index contributed by atoms with van der Waals surface area (Å²) in [7, 11) is 0. The van der Waals surface area contributed by atoms with Gasteiger partial charge in [0.1, 0.15) is 5.82 Å². The van der Waals surface area contributed by atoms with Gasteiger partial charge in [0.15, 0.2) is 0 Å². The number of allylic oxidation sites excluding steroid dienone is 2. The summed E-state index contributed by atoms with van der Waals surface area (Å²) < 4.78 is 14.4. The molecule has 9 heteroatoms. The molecule has 164 valence electrons. The highest BCUT2D eigenvalue weighted by Gasteiger charge is 2.51. The van der Waals surface area contributed by atoms with Gasteiger partial charge in [0, 0.05) is 23.3 Å². The van der Waals surface area contributed by atoms with Crippen molar-refractivity contribution in [1.82, 2.24) is 10.0 Å². The fourth-order valence-electron chi connectivity index (χ4n) is 4.15. The van der Waals surface area contributed by atoms with Gasteiger partial charge in [-0.3, -0.25) is 24.5 Å². The first-order valence-corrected chi connectivity index (χ1v) is 10.1. The topological polar surface area (TPSA) is 101 Å². The lowest BCUT2D eigenvalue weighted by Crippen LogP contribution is -2.50. The Morgan fingerprint density at radius 3 is 2.44 bits per heavy atom. The quantitative estimate of drug-likeness (QED) is 0.308. The lowest BCUT2D eigenvalue weighted by molar-refractivity contribution is -0.384. The van der Waals surface area contributed by atoms with Crippen molar-refractivity contribution in [3.8, 4) is 0 Å². The van der Waals surface area contributed by atoms with Gasteiger partial charge in [-0.05, 0) is 38.0 Å². The summed E-state index contributed by atoms with van der Waals surface area (Å²) >= 11 is 0. The van der Waals surface area contributed by atoms with Crippen LogP contribution < -0.4 is 0 Å². The Balaban J connectivity index is 1.72. The molecule has 0 aromatic heterocycles. The number of fused-ring (bicyclic) bond motifs is 1. The predicted molar refractivity (Wildman–Crippen MR) is 111 cm³/mol. The first-order chi connectivity index (χ1) is 15.3. The van der Waals surface area contributed by atoms with Gasteiger partial charge >= 0.3 is 0 Å². The smallest absolute Gasteiger partial charge is 0.272 e. The summed E-state index contributed by atoms with van der Waals surface area (Å²) in [5.41, 5.74) is 0.962. The van der Waals surface area contributed by atoms with E-state index >= 15 is 0 Å². The number of carbonyl (C=O) groups excluding carboxylic acids is 3. The summed E-state index contributed by atoms with van der Waals surface area (Å²) in [6.07, 6.45) is 2.73. The van der Waals surface area contributed by atoms with Crippen molar-refractivity contribution in [3.63, 3.8) is 0 Å². The Morgan fingerprint density at radius 2 is 1.78 bits per heavy atom. The lowest BCUT2D eigenvalue weighted by Gasteiger charge is -2.30. The molecule has 0 N–H and O–H groups in total. The van der Waals surface area contributed by atoms with Crippen LogP contribution in [-0.4, -0.2) is 32.7 Å². The van der Waals surface area contributed by atoms with Gasteiger partial charge in [-0.15, -0.1) is 0 Å². The Kier molecular flexibility index (Phi) is 5.56. The summed E-state index contributed by atoms with van der Waals surface area (Å²) in [6, 6.07) is 10.6. The van der Waals surface area contributed by atoms with E-state index in [1.807, 2.05) is 13.0 Å². The number of hydrogen-bond acceptors (Lipinski definition) is 5. The number of carbonyl (C=O) groups is 3. The Bertz CT molecular complexity index is 1140. The van der Waals surface area contributed by atoms with Gasteiger partial charge in [-0.25, -0.2) is 9.40 Å². The van der Waals surface area contributed by atoms with Crippen molar-refractivity contribution in [2.24, 2.45) is 11.8 Å². The second kappa shape index (κ2) is 8.33. The molecule has 32 heavy (non-hydrogen) atoms. The highest BCUT2D eigenvalue weighted by atomic mass is 19.1. The fourth-order valence-corrected chi connectivity index (χ4v) is 4.15. The zero-order valence-corrected chi connectivity index (χ0v) is 17.2. The molecule has 1 fully saturated rings. The van der Waals surface area contributed by atoms with Crippen LogP contribution in [0.2, 0.25) is 0 Å². The molecule has 1 aliphatic heterocycles. The van der Waals surface area contributed by atoms with E-state index in [9.17, 15) is 28.9 Å². The van der Waals surface area contributed by atoms with Crippen LogP contribution in [-0.2, 0) is 16.1 Å². The van der Waals surface area contributed by atoms with E-state index in [4.69, 9.17) is 0 Å². The minimum absolute atomic E-state index is 0.0386. The third kappa shape index (κ3) is 3.77. The highest BCUT2D eigenvalue weighted by Crippen LogP contribution is 2.39. The number of non-ortho nitro benzene ring substituents is 1. The monoisotopic (exact) mass is 437 g/mol. The standard InChI is InChI=1S/C23H20FN3O5/c1-14-6-11-18-19(12-14)23(30)26(22(18)29)25(13-16-4-2-3-5-20(16)24)21(28)15-7-9-17(10-8-15)27(31)32/h2-10,18-19H,11-13H2,1H3/t18-,19+/m0/s1. The van der Waals surface area contributed by atoms with E-state index < -0.39 is 40.3 Å². The van der Waals surface area contributed by atoms with Gasteiger partial charge in [0.05, 0.1) is 23.3 Å². The third-order valence-electron chi connectivity index (χ3n) is 5.88. The number of rotatable bonds is 5. The van der Waals surface area contributed by atoms with Gasteiger partial charge in [0.2, 0.25) is 0 Å². The fraction of sp³-hybridized carbons (Fsp3) is 0.261. The Labute approximate surface area is 183 Å². The van der Waals surface area contributed by atoms with Crippen molar-refractivity contribution in [1.29, 1.82) is 0 Å². The number of amides is 3. The van der Waals surface area contributed by atoms with Crippen LogP contribution in [0.4, 0.5) is 10.1 Å². The molecule has 2 aromatic carbocycles. The molecule has 0 bridgehead atoms. The van der Waals surface area contributed by atoms with E-state index in [0.29, 0.717) is 12.8 Å². The highest BCUT2D eigenvalue weighted by molar-refractivity contribution is 6.08. The van der Waals surface area contributed by atoms with Crippen LogP contribution >= 0.6 is 0 Å². The first kappa shape index (κ1) is 21.4. The summed E-state index contributed by atoms with van der Waals surface area (Å²) in [6.45, 7) is 1.54. The molecule has 3 amide bonds. The normalized spacial score (nSPS) is 20.1. The number of nitro benzene ring substituents is 1. The van der Waals surface area contributed by atoms with Crippen molar-refractivity contribution in [2.75, 3.05) is 0 Å². The van der Waals surface area contributed by atoms with Crippen LogP contribution in [0.3, 0.4) is 0 Å². The molecule has 1 saturated heterocycles. The minimum atomic E-state index is -0.729. The van der Waals surface area contributed by atoms with Crippen LogP contribution in [0.5, 0.6) is 0 Å². The molecule has 2 atom stereocenters. The summed E-state index contributed by atoms with van der Waals surface area (Å²) in [5.74, 6) is -3.45. The summed E-state index contributed by atoms with van der Waals surface area (Å²) in [5, 5.41) is 12.7. The van der Waals surface area contributed by atoms with Gasteiger partial charge in [-0.2, -0.15) is 5.01 Å². The Hall–Kier alpha value is -3.88. The lowest BCUT2D eigenvalue weighted by atomic mass is 9.82. The maximum Gasteiger partial charge on any atom is 0.273 e. The molecule has 1 heterocycles. The van der Waals surface area contributed by atoms with Gasteiger partial charge in [0.25, 0.3) is 23.4 Å². The maximum absolute atomic E-state index is 14.4. The molecule has 1 aliphatic carbocycles. The van der Waals surface area contributed by atoms with Crippen LogP contribution in [0.15, 0.2) is 60.2 Å². The molecule has 0 radical (unpaired) electrons. The van der Waals surface area contributed by atoms with Crippen molar-refractivity contribution in [3.05, 3.63) is 87.2 Å². The molecular weight excluding hydrogens is 417 g/mol. The molecule has 2 aliphatic rings. The number of imide groups is 1. The number of nitrogens with zero attached hydrogens (tertiary/aromatic N) is 3. The van der Waals surface area contributed by atoms with Gasteiger partial charge < -0.3 is 0 Å². The van der Waals surface area contributed by atoms with Crippen LogP contribution in [0.1, 0.15) is 35.7 Å². The van der Waals surface area contributed by atoms with E-state index in [2.05, 4.69) is 0 Å². The van der Waals surface area contributed by atoms with E-state index in [-0.39, 0.29) is 23.4 Å². The van der Waals surface area contributed by atoms with Crippen LogP contribution in [0.25, 0.3) is 0 Å². The minimum Gasteiger partial charge on any atom is -0.272 e. The predicted octanol–water partition coefficient (Wildman–Crippen LogP) is 3.63. The van der Waals surface area contributed by atoms with Gasteiger partial charge in [-0.1, -0.05) is 29.8 Å². The summed E-state index contributed by atoms with van der Waals surface area (Å²) in [4.78, 5) is 50.0. The number of nitro groups is 1. The molecule has 0 unspecified atom stereocenters. The van der Waals surface area contributed by atoms with Crippen molar-refractivity contribution < 1.29 is 23.7 Å². The zero-order valence-electron chi connectivity index (χ0n) is 17.2. The second-order valence-electron chi connectivity index (χ2n) is 7.95. The SMILES string of the molecule is CC1=CC[C@@H]2C(=O)N(N(Cc3ccccc3F)C(=O)c3ccc([N+](=O)[O-])cc3)C(=O)[C@@H]2C1.